The molecular weight excluding hydrogens is 244 g/mol. The van der Waals surface area contributed by atoms with E-state index in [2.05, 4.69) is 6.58 Å². The zero-order valence-electron chi connectivity index (χ0n) is 11.4. The van der Waals surface area contributed by atoms with E-state index in [4.69, 9.17) is 4.74 Å². The Balaban J connectivity index is 2.30. The molecule has 1 saturated heterocycles. The van der Waals surface area contributed by atoms with Crippen LogP contribution >= 0.6 is 0 Å². The summed E-state index contributed by atoms with van der Waals surface area (Å²) in [6, 6.07) is 0. The van der Waals surface area contributed by atoms with E-state index in [0.717, 1.165) is 0 Å². The lowest BCUT2D eigenvalue weighted by atomic mass is 9.83. The average Bonchev–Trinajstić information content (AvgIpc) is 2.61. The van der Waals surface area contributed by atoms with Gasteiger partial charge in [-0.15, -0.1) is 0 Å². The lowest BCUT2D eigenvalue weighted by Crippen LogP contribution is -2.24. The Labute approximate surface area is 113 Å². The van der Waals surface area contributed by atoms with E-state index in [-0.39, 0.29) is 36.1 Å². The number of carbonyl (C=O) groups is 2. The number of esters is 1. The van der Waals surface area contributed by atoms with E-state index in [1.54, 1.807) is 13.0 Å². The zero-order chi connectivity index (χ0) is 14.2. The van der Waals surface area contributed by atoms with Crippen molar-refractivity contribution in [3.63, 3.8) is 0 Å². The van der Waals surface area contributed by atoms with Gasteiger partial charge in [0.05, 0.1) is 12.0 Å². The van der Waals surface area contributed by atoms with Gasteiger partial charge in [0, 0.05) is 12.3 Å². The van der Waals surface area contributed by atoms with Crippen LogP contribution in [0.1, 0.15) is 33.1 Å². The third kappa shape index (κ3) is 2.78. The Morgan fingerprint density at radius 2 is 2.11 bits per heavy atom. The van der Waals surface area contributed by atoms with Gasteiger partial charge in [-0.2, -0.15) is 0 Å². The fourth-order valence-corrected chi connectivity index (χ4v) is 2.69. The number of Topliss-reactive ketones (excluding diaryl/α,β-unsaturated/α-hetero) is 1. The highest BCUT2D eigenvalue weighted by Crippen LogP contribution is 2.35. The Hall–Kier alpha value is -1.42. The molecule has 1 aliphatic heterocycles. The van der Waals surface area contributed by atoms with Crippen molar-refractivity contribution in [3.8, 4) is 0 Å². The van der Waals surface area contributed by atoms with Gasteiger partial charge in [0.2, 0.25) is 0 Å². The average molecular weight is 264 g/mol. The van der Waals surface area contributed by atoms with E-state index in [9.17, 15) is 14.7 Å². The second-order valence-electron chi connectivity index (χ2n) is 5.55. The lowest BCUT2D eigenvalue weighted by Gasteiger charge is -2.21. The van der Waals surface area contributed by atoms with Gasteiger partial charge in [-0.05, 0) is 37.0 Å². The van der Waals surface area contributed by atoms with Crippen molar-refractivity contribution in [2.24, 2.45) is 11.8 Å². The van der Waals surface area contributed by atoms with E-state index in [0.29, 0.717) is 24.0 Å². The summed E-state index contributed by atoms with van der Waals surface area (Å²) in [7, 11) is 0. The molecule has 1 fully saturated rings. The van der Waals surface area contributed by atoms with Crippen molar-refractivity contribution < 1.29 is 19.4 Å². The molecule has 0 bridgehead atoms. The molecule has 4 nitrogen and oxygen atoms in total. The summed E-state index contributed by atoms with van der Waals surface area (Å²) in [6.07, 6.45) is 2.00. The predicted molar refractivity (Wildman–Crippen MR) is 70.3 cm³/mol. The monoisotopic (exact) mass is 264 g/mol. The summed E-state index contributed by atoms with van der Waals surface area (Å²) in [6.45, 7) is 7.39. The van der Waals surface area contributed by atoms with Crippen molar-refractivity contribution in [2.75, 3.05) is 0 Å². The number of ether oxygens (including phenoxy) is 1. The highest BCUT2D eigenvalue weighted by atomic mass is 16.6. The van der Waals surface area contributed by atoms with E-state index in [1.165, 1.54) is 0 Å². The molecule has 0 radical (unpaired) electrons. The summed E-state index contributed by atoms with van der Waals surface area (Å²) in [5.41, 5.74) is 1.21. The highest BCUT2D eigenvalue weighted by Gasteiger charge is 2.41. The third-order valence-electron chi connectivity index (χ3n) is 4.19. The van der Waals surface area contributed by atoms with Crippen LogP contribution in [0.25, 0.3) is 0 Å². The zero-order valence-corrected chi connectivity index (χ0v) is 11.4. The lowest BCUT2D eigenvalue weighted by molar-refractivity contribution is -0.142. The van der Waals surface area contributed by atoms with Crippen molar-refractivity contribution in [1.82, 2.24) is 0 Å². The third-order valence-corrected chi connectivity index (χ3v) is 4.19. The number of carbonyl (C=O) groups excluding carboxylic acids is 2. The molecule has 4 heteroatoms. The minimum atomic E-state index is -0.822. The molecule has 0 aromatic heterocycles. The normalized spacial score (nSPS) is 39.3. The Kier molecular flexibility index (Phi) is 3.90. The second-order valence-corrected chi connectivity index (χ2v) is 5.55. The summed E-state index contributed by atoms with van der Waals surface area (Å²) in [5.74, 6) is -0.424. The van der Waals surface area contributed by atoms with Crippen LogP contribution in [-0.4, -0.2) is 29.1 Å². The largest absolute Gasteiger partial charge is 0.458 e. The topological polar surface area (TPSA) is 63.6 Å². The maximum Gasteiger partial charge on any atom is 0.309 e. The SMILES string of the molecule is C=C1CC[C@@H]2[C@H](/C=C(/C)[C@@H](O)CC1=O)OC(=O)[C@H]2C. The maximum atomic E-state index is 11.8. The number of hydrogen-bond donors (Lipinski definition) is 1. The first-order valence-electron chi connectivity index (χ1n) is 6.68. The molecule has 1 N–H and O–H groups in total. The van der Waals surface area contributed by atoms with Crippen molar-refractivity contribution in [2.45, 2.75) is 45.3 Å². The molecule has 0 aromatic rings. The maximum absolute atomic E-state index is 11.8. The molecular formula is C15H20O4. The summed E-state index contributed by atoms with van der Waals surface area (Å²) in [5, 5.41) is 9.97. The van der Waals surface area contributed by atoms with Crippen LogP contribution in [0.5, 0.6) is 0 Å². The van der Waals surface area contributed by atoms with Crippen LogP contribution in [0.2, 0.25) is 0 Å². The second kappa shape index (κ2) is 5.29. The molecule has 2 rings (SSSR count). The Morgan fingerprint density at radius 3 is 2.79 bits per heavy atom. The summed E-state index contributed by atoms with van der Waals surface area (Å²) in [4.78, 5) is 23.5. The van der Waals surface area contributed by atoms with Crippen molar-refractivity contribution in [1.29, 1.82) is 0 Å². The fourth-order valence-electron chi connectivity index (χ4n) is 2.69. The number of rotatable bonds is 0. The van der Waals surface area contributed by atoms with Gasteiger partial charge >= 0.3 is 5.97 Å². The molecule has 0 spiro atoms. The quantitative estimate of drug-likeness (QED) is 0.411. The summed E-state index contributed by atoms with van der Waals surface area (Å²) >= 11 is 0. The molecule has 0 unspecified atom stereocenters. The molecule has 2 aliphatic rings. The van der Waals surface area contributed by atoms with Gasteiger partial charge < -0.3 is 9.84 Å². The molecule has 19 heavy (non-hydrogen) atoms. The minimum absolute atomic E-state index is 0.0531. The first-order valence-corrected chi connectivity index (χ1v) is 6.68. The smallest absolute Gasteiger partial charge is 0.309 e. The van der Waals surface area contributed by atoms with Crippen LogP contribution in [-0.2, 0) is 14.3 Å². The van der Waals surface area contributed by atoms with Gasteiger partial charge in [-0.25, -0.2) is 0 Å². The number of hydrogen-bond acceptors (Lipinski definition) is 4. The molecule has 1 aliphatic carbocycles. The minimum Gasteiger partial charge on any atom is -0.458 e. The van der Waals surface area contributed by atoms with Crippen LogP contribution in [0.15, 0.2) is 23.8 Å². The number of aliphatic hydroxyl groups excluding tert-OH is 1. The Morgan fingerprint density at radius 1 is 1.42 bits per heavy atom. The van der Waals surface area contributed by atoms with Crippen LogP contribution < -0.4 is 0 Å². The molecule has 0 aromatic carbocycles. The molecule has 104 valence electrons. The fraction of sp³-hybridized carbons (Fsp3) is 0.600. The highest BCUT2D eigenvalue weighted by molar-refractivity contribution is 5.95. The van der Waals surface area contributed by atoms with Gasteiger partial charge in [0.15, 0.2) is 5.78 Å². The number of ketones is 1. The van der Waals surface area contributed by atoms with Crippen molar-refractivity contribution in [3.05, 3.63) is 23.8 Å². The summed E-state index contributed by atoms with van der Waals surface area (Å²) < 4.78 is 5.35. The number of allylic oxidation sites excluding steroid dienone is 1. The van der Waals surface area contributed by atoms with Gasteiger partial charge in [0.1, 0.15) is 6.10 Å². The molecule has 1 heterocycles. The first kappa shape index (κ1) is 14.0. The molecule has 4 atom stereocenters. The number of fused-ring (bicyclic) bond motifs is 1. The van der Waals surface area contributed by atoms with Crippen LogP contribution in [0.4, 0.5) is 0 Å². The predicted octanol–water partition coefficient (Wildman–Crippen LogP) is 1.78. The molecule has 0 saturated carbocycles. The standard InChI is InChI=1S/C15H20O4/c1-8-4-5-11-10(3)15(18)19-14(11)6-9(2)13(17)7-12(8)16/h6,10-11,13-14,17H,1,4-5,7H2,2-3H3/b9-6-/t10-,11-,13-,14-/m0/s1. The first-order chi connectivity index (χ1) is 8.90. The molecule has 0 amide bonds. The van der Waals surface area contributed by atoms with E-state index in [1.807, 2.05) is 6.92 Å². The van der Waals surface area contributed by atoms with Gasteiger partial charge in [0.25, 0.3) is 0 Å². The van der Waals surface area contributed by atoms with Crippen LogP contribution in [0.3, 0.4) is 0 Å². The van der Waals surface area contributed by atoms with Gasteiger partial charge in [-0.3, -0.25) is 9.59 Å². The van der Waals surface area contributed by atoms with Crippen molar-refractivity contribution >= 4 is 11.8 Å². The number of aliphatic hydroxyl groups is 1. The van der Waals surface area contributed by atoms with E-state index >= 15 is 0 Å². The van der Waals surface area contributed by atoms with E-state index < -0.39 is 6.10 Å². The van der Waals surface area contributed by atoms with Gasteiger partial charge in [-0.1, -0.05) is 13.5 Å². The Bertz CT molecular complexity index is 449. The van der Waals surface area contributed by atoms with Crippen LogP contribution in [0, 0.1) is 11.8 Å².